The largest absolute Gasteiger partial charge is 0.478 e. The van der Waals surface area contributed by atoms with Gasteiger partial charge in [-0.3, -0.25) is 0 Å². The number of imidazole rings is 1. The molecule has 0 saturated carbocycles. The molecule has 192 valence electrons. The molecule has 0 spiro atoms. The normalized spacial score (nSPS) is 11.7. The van der Waals surface area contributed by atoms with Gasteiger partial charge in [0.15, 0.2) is 0 Å². The molecule has 2 aromatic carbocycles. The van der Waals surface area contributed by atoms with Crippen LogP contribution in [0.15, 0.2) is 77.8 Å². The van der Waals surface area contributed by atoms with Crippen LogP contribution in [0.4, 0.5) is 0 Å². The second-order valence-electron chi connectivity index (χ2n) is 9.00. The van der Waals surface area contributed by atoms with Crippen molar-refractivity contribution in [3.63, 3.8) is 0 Å². The van der Waals surface area contributed by atoms with Crippen molar-refractivity contribution < 1.29 is 9.90 Å². The first-order valence-corrected chi connectivity index (χ1v) is 13.4. The topological polar surface area (TPSA) is 110 Å². The number of H-pyrrole nitrogens is 1. The van der Waals surface area contributed by atoms with Gasteiger partial charge in [0.25, 0.3) is 0 Å². The quantitative estimate of drug-likeness (QED) is 0.208. The molecule has 3 aromatic heterocycles. The van der Waals surface area contributed by atoms with Gasteiger partial charge in [0, 0.05) is 35.4 Å². The third-order valence-corrected chi connectivity index (χ3v) is 7.26. The Labute approximate surface area is 224 Å². The Hall–Kier alpha value is -4.37. The van der Waals surface area contributed by atoms with Crippen LogP contribution in [0.3, 0.4) is 0 Å². The van der Waals surface area contributed by atoms with Gasteiger partial charge < -0.3 is 9.67 Å². The van der Waals surface area contributed by atoms with Crippen LogP contribution in [0.25, 0.3) is 28.6 Å². The first kappa shape index (κ1) is 25.3. The molecular formula is C29H28N6O2S. The number of hydrogen-bond acceptors (Lipinski definition) is 6. The Kier molecular flexibility index (Phi) is 7.84. The van der Waals surface area contributed by atoms with Gasteiger partial charge in [0.2, 0.25) is 5.82 Å². The molecule has 5 rings (SSSR count). The van der Waals surface area contributed by atoms with E-state index in [1.54, 1.807) is 23.6 Å². The molecular weight excluding hydrogens is 496 g/mol. The van der Waals surface area contributed by atoms with E-state index in [1.165, 1.54) is 0 Å². The van der Waals surface area contributed by atoms with E-state index in [0.717, 1.165) is 57.9 Å². The third kappa shape index (κ3) is 5.78. The predicted molar refractivity (Wildman–Crippen MR) is 149 cm³/mol. The number of unbranched alkanes of at least 4 members (excludes halogenated alkanes) is 1. The number of rotatable bonds is 11. The number of aryl methyl sites for hydroxylation is 1. The zero-order valence-corrected chi connectivity index (χ0v) is 21.9. The number of aromatic amines is 1. The molecule has 0 saturated heterocycles. The van der Waals surface area contributed by atoms with Gasteiger partial charge in [-0.05, 0) is 45.8 Å². The Morgan fingerprint density at radius 1 is 1.08 bits per heavy atom. The average Bonchev–Trinajstić information content (AvgIpc) is 3.72. The predicted octanol–water partition coefficient (Wildman–Crippen LogP) is 5.89. The Balaban J connectivity index is 1.44. The van der Waals surface area contributed by atoms with E-state index in [-0.39, 0.29) is 0 Å². The summed E-state index contributed by atoms with van der Waals surface area (Å²) >= 11 is 1.56. The molecule has 0 aliphatic heterocycles. The van der Waals surface area contributed by atoms with E-state index in [0.29, 0.717) is 24.4 Å². The minimum Gasteiger partial charge on any atom is -0.478 e. The van der Waals surface area contributed by atoms with Crippen molar-refractivity contribution in [3.05, 3.63) is 99.8 Å². The molecule has 0 aliphatic carbocycles. The second-order valence-corrected chi connectivity index (χ2v) is 10.0. The minimum atomic E-state index is -0.911. The summed E-state index contributed by atoms with van der Waals surface area (Å²) in [4.78, 5) is 17.7. The highest BCUT2D eigenvalue weighted by atomic mass is 32.1. The lowest BCUT2D eigenvalue weighted by molar-refractivity contribution is -0.132. The van der Waals surface area contributed by atoms with Crippen LogP contribution in [0.1, 0.15) is 41.7 Å². The second kappa shape index (κ2) is 11.8. The number of carboxylic acids is 1. The lowest BCUT2D eigenvalue weighted by atomic mass is 9.98. The molecule has 3 heterocycles. The number of thiophene rings is 1. The Morgan fingerprint density at radius 2 is 1.89 bits per heavy atom. The number of nitrogens with zero attached hydrogens (tertiary/aromatic N) is 5. The van der Waals surface area contributed by atoms with Crippen molar-refractivity contribution in [1.82, 2.24) is 30.2 Å². The molecule has 9 heteroatoms. The van der Waals surface area contributed by atoms with Crippen molar-refractivity contribution >= 4 is 23.4 Å². The number of hydrogen-bond donors (Lipinski definition) is 2. The van der Waals surface area contributed by atoms with Gasteiger partial charge in [-0.15, -0.1) is 21.5 Å². The van der Waals surface area contributed by atoms with Crippen molar-refractivity contribution in [2.24, 2.45) is 0 Å². The van der Waals surface area contributed by atoms with Crippen LogP contribution in [0.2, 0.25) is 0 Å². The zero-order valence-electron chi connectivity index (χ0n) is 21.0. The van der Waals surface area contributed by atoms with E-state index >= 15 is 0 Å². The summed E-state index contributed by atoms with van der Waals surface area (Å²) in [7, 11) is 0. The van der Waals surface area contributed by atoms with Crippen LogP contribution in [0.5, 0.6) is 0 Å². The minimum absolute atomic E-state index is 0.351. The number of nitrogens with one attached hydrogen (secondary N) is 1. The van der Waals surface area contributed by atoms with E-state index in [9.17, 15) is 9.90 Å². The summed E-state index contributed by atoms with van der Waals surface area (Å²) in [6.45, 7) is 2.76. The van der Waals surface area contributed by atoms with Gasteiger partial charge in [-0.1, -0.05) is 67.9 Å². The maximum absolute atomic E-state index is 12.1. The van der Waals surface area contributed by atoms with Gasteiger partial charge >= 0.3 is 5.97 Å². The molecule has 2 N–H and O–H groups in total. The first-order valence-electron chi connectivity index (χ1n) is 12.5. The average molecular weight is 525 g/mol. The maximum Gasteiger partial charge on any atom is 0.332 e. The first-order chi connectivity index (χ1) is 18.6. The summed E-state index contributed by atoms with van der Waals surface area (Å²) < 4.78 is 2.13. The van der Waals surface area contributed by atoms with Crippen molar-refractivity contribution in [3.8, 4) is 22.5 Å². The lowest BCUT2D eigenvalue weighted by Crippen LogP contribution is -2.09. The van der Waals surface area contributed by atoms with Crippen LogP contribution < -0.4 is 0 Å². The summed E-state index contributed by atoms with van der Waals surface area (Å²) in [6.07, 6.45) is 6.86. The molecule has 0 radical (unpaired) electrons. The highest BCUT2D eigenvalue weighted by Crippen LogP contribution is 2.30. The summed E-state index contributed by atoms with van der Waals surface area (Å²) in [5, 5.41) is 26.3. The number of carboxylic acid groups (broad SMARTS) is 1. The van der Waals surface area contributed by atoms with E-state index in [2.05, 4.69) is 61.4 Å². The number of benzene rings is 2. The third-order valence-electron chi connectivity index (χ3n) is 6.38. The van der Waals surface area contributed by atoms with Crippen molar-refractivity contribution in [2.75, 3.05) is 0 Å². The number of aliphatic carboxylic acids is 1. The molecule has 0 amide bonds. The van der Waals surface area contributed by atoms with Gasteiger partial charge in [0.05, 0.1) is 11.9 Å². The molecule has 8 nitrogen and oxygen atoms in total. The fourth-order valence-corrected chi connectivity index (χ4v) is 5.13. The van der Waals surface area contributed by atoms with Gasteiger partial charge in [-0.2, -0.15) is 5.21 Å². The number of carbonyl (C=O) groups is 1. The fourth-order valence-electron chi connectivity index (χ4n) is 4.41. The molecule has 0 unspecified atom stereocenters. The SMILES string of the molecule is CCCCc1ncc(C=C(Cc2cccs2)C(=O)O)n1Cc1ccc(-c2ccccc2-c2nn[nH]n2)cc1. The van der Waals surface area contributed by atoms with Crippen molar-refractivity contribution in [1.29, 1.82) is 0 Å². The smallest absolute Gasteiger partial charge is 0.332 e. The lowest BCUT2D eigenvalue weighted by Gasteiger charge is -2.13. The molecule has 0 atom stereocenters. The molecule has 5 aromatic rings. The van der Waals surface area contributed by atoms with Crippen molar-refractivity contribution in [2.45, 2.75) is 39.2 Å². The van der Waals surface area contributed by atoms with Gasteiger partial charge in [0.1, 0.15) is 5.82 Å². The summed E-state index contributed by atoms with van der Waals surface area (Å²) in [5.41, 5.74) is 5.24. The molecule has 0 bridgehead atoms. The van der Waals surface area contributed by atoms with Gasteiger partial charge in [-0.25, -0.2) is 9.78 Å². The highest BCUT2D eigenvalue weighted by molar-refractivity contribution is 7.09. The molecule has 38 heavy (non-hydrogen) atoms. The molecule has 0 aliphatic rings. The summed E-state index contributed by atoms with van der Waals surface area (Å²) in [6, 6.07) is 20.3. The van der Waals surface area contributed by atoms with Crippen LogP contribution in [-0.2, 0) is 24.2 Å². The Bertz CT molecular complexity index is 1520. The van der Waals surface area contributed by atoms with Crippen LogP contribution in [0, 0.1) is 0 Å². The standard InChI is InChI=1S/C29H28N6O2S/c1-2-3-10-27-30-18-23(16-22(29(36)37)17-24-7-6-15-38-24)35(27)19-20-11-13-21(14-12-20)25-8-4-5-9-26(25)28-31-33-34-32-28/h4-9,11-16,18H,2-3,10,17,19H2,1H3,(H,36,37)(H,31,32,33,34). The van der Waals surface area contributed by atoms with Crippen LogP contribution in [-0.4, -0.2) is 41.3 Å². The highest BCUT2D eigenvalue weighted by Gasteiger charge is 2.15. The monoisotopic (exact) mass is 524 g/mol. The summed E-state index contributed by atoms with van der Waals surface area (Å²) in [5.74, 6) is 0.605. The number of aromatic nitrogens is 6. The van der Waals surface area contributed by atoms with E-state index in [1.807, 2.05) is 41.8 Å². The zero-order chi connectivity index (χ0) is 26.3. The fraction of sp³-hybridized carbons (Fsp3) is 0.207. The molecule has 0 fully saturated rings. The Morgan fingerprint density at radius 3 is 2.58 bits per heavy atom. The van der Waals surface area contributed by atoms with Crippen LogP contribution >= 0.6 is 11.3 Å². The number of tetrazole rings is 1. The maximum atomic E-state index is 12.1. The van der Waals surface area contributed by atoms with E-state index in [4.69, 9.17) is 0 Å². The van der Waals surface area contributed by atoms with E-state index < -0.39 is 5.97 Å².